The lowest BCUT2D eigenvalue weighted by molar-refractivity contribution is -0.122. The van der Waals surface area contributed by atoms with Crippen molar-refractivity contribution in [1.29, 1.82) is 0 Å². The third-order valence-corrected chi connectivity index (χ3v) is 3.61. The maximum Gasteiger partial charge on any atom is 0.224 e. The van der Waals surface area contributed by atoms with Crippen LogP contribution in [-0.4, -0.2) is 29.9 Å². The molecule has 0 saturated heterocycles. The van der Waals surface area contributed by atoms with Gasteiger partial charge in [-0.3, -0.25) is 14.6 Å². The van der Waals surface area contributed by atoms with Crippen molar-refractivity contribution in [3.05, 3.63) is 65.7 Å². The SMILES string of the molecule is O=C(CCCc1ccccn1)NCCNC(=O)Cc1ccc(F)cc1. The van der Waals surface area contributed by atoms with Crippen molar-refractivity contribution >= 4 is 11.8 Å². The number of aromatic nitrogens is 1. The average Bonchev–Trinajstić information content (AvgIpc) is 2.62. The quantitative estimate of drug-likeness (QED) is 0.684. The van der Waals surface area contributed by atoms with E-state index in [2.05, 4.69) is 15.6 Å². The van der Waals surface area contributed by atoms with E-state index >= 15 is 0 Å². The van der Waals surface area contributed by atoms with Gasteiger partial charge in [0.15, 0.2) is 0 Å². The first-order chi connectivity index (χ1) is 12.1. The topological polar surface area (TPSA) is 71.1 Å². The van der Waals surface area contributed by atoms with Gasteiger partial charge in [-0.15, -0.1) is 0 Å². The Kier molecular flexibility index (Phi) is 7.56. The Morgan fingerprint density at radius 3 is 2.36 bits per heavy atom. The zero-order valence-corrected chi connectivity index (χ0v) is 14.0. The minimum Gasteiger partial charge on any atom is -0.354 e. The van der Waals surface area contributed by atoms with Gasteiger partial charge in [-0.05, 0) is 42.7 Å². The van der Waals surface area contributed by atoms with Crippen molar-refractivity contribution in [2.24, 2.45) is 0 Å². The number of benzene rings is 1. The van der Waals surface area contributed by atoms with Crippen molar-refractivity contribution in [3.8, 4) is 0 Å². The van der Waals surface area contributed by atoms with Crippen molar-refractivity contribution in [1.82, 2.24) is 15.6 Å². The van der Waals surface area contributed by atoms with E-state index < -0.39 is 0 Å². The summed E-state index contributed by atoms with van der Waals surface area (Å²) in [6.45, 7) is 0.754. The summed E-state index contributed by atoms with van der Waals surface area (Å²) >= 11 is 0. The zero-order chi connectivity index (χ0) is 17.9. The molecular formula is C19H22FN3O2. The van der Waals surface area contributed by atoms with Crippen LogP contribution in [0.2, 0.25) is 0 Å². The van der Waals surface area contributed by atoms with Crippen LogP contribution in [0.4, 0.5) is 4.39 Å². The van der Waals surface area contributed by atoms with Crippen LogP contribution in [0.5, 0.6) is 0 Å². The fourth-order valence-electron chi connectivity index (χ4n) is 2.32. The monoisotopic (exact) mass is 343 g/mol. The first-order valence-corrected chi connectivity index (χ1v) is 8.31. The van der Waals surface area contributed by atoms with Gasteiger partial charge >= 0.3 is 0 Å². The number of amides is 2. The minimum atomic E-state index is -0.324. The maximum absolute atomic E-state index is 12.8. The van der Waals surface area contributed by atoms with Crippen molar-refractivity contribution in [3.63, 3.8) is 0 Å². The standard InChI is InChI=1S/C19H22FN3O2/c20-16-9-7-15(8-10-16)14-19(25)23-13-12-22-18(24)6-3-5-17-4-1-2-11-21-17/h1-2,4,7-11H,3,5-6,12-14H2,(H,22,24)(H,23,25). The lowest BCUT2D eigenvalue weighted by Crippen LogP contribution is -2.35. The number of hydrogen-bond acceptors (Lipinski definition) is 3. The summed E-state index contributed by atoms with van der Waals surface area (Å²) in [6, 6.07) is 11.5. The smallest absolute Gasteiger partial charge is 0.224 e. The minimum absolute atomic E-state index is 0.0382. The van der Waals surface area contributed by atoms with Crippen molar-refractivity contribution in [2.45, 2.75) is 25.7 Å². The molecule has 0 atom stereocenters. The number of carbonyl (C=O) groups excluding carboxylic acids is 2. The molecule has 1 aromatic heterocycles. The fraction of sp³-hybridized carbons (Fsp3) is 0.316. The molecule has 2 rings (SSSR count). The van der Waals surface area contributed by atoms with E-state index in [-0.39, 0.29) is 24.1 Å². The predicted molar refractivity (Wildman–Crippen MR) is 93.3 cm³/mol. The van der Waals surface area contributed by atoms with Gasteiger partial charge in [-0.25, -0.2) is 4.39 Å². The highest BCUT2D eigenvalue weighted by molar-refractivity contribution is 5.78. The summed E-state index contributed by atoms with van der Waals surface area (Å²) in [4.78, 5) is 27.7. The van der Waals surface area contributed by atoms with E-state index in [0.29, 0.717) is 19.5 Å². The van der Waals surface area contributed by atoms with Gasteiger partial charge in [0.25, 0.3) is 0 Å². The normalized spacial score (nSPS) is 10.3. The molecule has 132 valence electrons. The molecule has 25 heavy (non-hydrogen) atoms. The molecule has 0 spiro atoms. The van der Waals surface area contributed by atoms with E-state index in [9.17, 15) is 14.0 Å². The Morgan fingerprint density at radius 1 is 0.960 bits per heavy atom. The Labute approximate surface area is 146 Å². The van der Waals surface area contributed by atoms with Gasteiger partial charge in [-0.2, -0.15) is 0 Å². The van der Waals surface area contributed by atoms with Gasteiger partial charge in [0.1, 0.15) is 5.82 Å². The molecule has 0 bridgehead atoms. The summed E-state index contributed by atoms with van der Waals surface area (Å²) in [5.74, 6) is -0.519. The van der Waals surface area contributed by atoms with E-state index in [4.69, 9.17) is 0 Å². The number of nitrogens with one attached hydrogen (secondary N) is 2. The molecule has 0 radical (unpaired) electrons. The van der Waals surface area contributed by atoms with Crippen molar-refractivity contribution < 1.29 is 14.0 Å². The molecule has 1 heterocycles. The maximum atomic E-state index is 12.8. The zero-order valence-electron chi connectivity index (χ0n) is 14.0. The van der Waals surface area contributed by atoms with Gasteiger partial charge < -0.3 is 10.6 Å². The molecule has 0 aliphatic heterocycles. The van der Waals surface area contributed by atoms with Gasteiger partial charge in [0.05, 0.1) is 6.42 Å². The molecule has 0 aliphatic rings. The lowest BCUT2D eigenvalue weighted by Gasteiger charge is -2.07. The second-order valence-electron chi connectivity index (χ2n) is 5.68. The second kappa shape index (κ2) is 10.2. The third kappa shape index (κ3) is 7.56. The number of halogens is 1. The highest BCUT2D eigenvalue weighted by Crippen LogP contribution is 2.03. The number of rotatable bonds is 9. The molecule has 0 aliphatic carbocycles. The Bertz CT molecular complexity index is 675. The van der Waals surface area contributed by atoms with Crippen LogP contribution < -0.4 is 10.6 Å². The predicted octanol–water partition coefficient (Wildman–Crippen LogP) is 2.02. The van der Waals surface area contributed by atoms with Crippen LogP contribution in [-0.2, 0) is 22.4 Å². The first-order valence-electron chi connectivity index (χ1n) is 8.31. The second-order valence-corrected chi connectivity index (χ2v) is 5.68. The molecule has 0 unspecified atom stereocenters. The van der Waals surface area contributed by atoms with Crippen LogP contribution in [0.15, 0.2) is 48.7 Å². The summed E-state index contributed by atoms with van der Waals surface area (Å²) in [6.07, 6.45) is 3.87. The molecule has 0 fully saturated rings. The van der Waals surface area contributed by atoms with E-state index in [1.807, 2.05) is 18.2 Å². The fourth-order valence-corrected chi connectivity index (χ4v) is 2.32. The van der Waals surface area contributed by atoms with Crippen molar-refractivity contribution in [2.75, 3.05) is 13.1 Å². The van der Waals surface area contributed by atoms with Gasteiger partial charge in [0, 0.05) is 31.4 Å². The number of nitrogens with zero attached hydrogens (tertiary/aromatic N) is 1. The Morgan fingerprint density at radius 2 is 1.68 bits per heavy atom. The number of hydrogen-bond donors (Lipinski definition) is 2. The molecule has 1 aromatic carbocycles. The first kappa shape index (κ1) is 18.6. The summed E-state index contributed by atoms with van der Waals surface area (Å²) < 4.78 is 12.8. The highest BCUT2D eigenvalue weighted by Gasteiger charge is 2.04. The van der Waals surface area contributed by atoms with Crippen LogP contribution in [0, 0.1) is 5.82 Å². The molecule has 2 amide bonds. The van der Waals surface area contributed by atoms with Crippen LogP contribution in [0.3, 0.4) is 0 Å². The molecular weight excluding hydrogens is 321 g/mol. The van der Waals surface area contributed by atoms with Crippen LogP contribution in [0.25, 0.3) is 0 Å². The molecule has 6 heteroatoms. The van der Waals surface area contributed by atoms with E-state index in [0.717, 1.165) is 24.1 Å². The van der Waals surface area contributed by atoms with Crippen LogP contribution in [0.1, 0.15) is 24.1 Å². The largest absolute Gasteiger partial charge is 0.354 e. The Hall–Kier alpha value is -2.76. The highest BCUT2D eigenvalue weighted by atomic mass is 19.1. The Balaban J connectivity index is 1.53. The van der Waals surface area contributed by atoms with E-state index in [1.165, 1.54) is 12.1 Å². The van der Waals surface area contributed by atoms with E-state index in [1.54, 1.807) is 18.3 Å². The lowest BCUT2D eigenvalue weighted by atomic mass is 10.1. The number of pyridine rings is 1. The number of aryl methyl sites for hydroxylation is 1. The molecule has 5 nitrogen and oxygen atoms in total. The van der Waals surface area contributed by atoms with Crippen LogP contribution >= 0.6 is 0 Å². The number of carbonyl (C=O) groups is 2. The molecule has 2 N–H and O–H groups in total. The molecule has 2 aromatic rings. The third-order valence-electron chi connectivity index (χ3n) is 3.61. The average molecular weight is 343 g/mol. The summed E-state index contributed by atoms with van der Waals surface area (Å²) in [7, 11) is 0. The summed E-state index contributed by atoms with van der Waals surface area (Å²) in [5.41, 5.74) is 1.72. The van der Waals surface area contributed by atoms with Gasteiger partial charge in [-0.1, -0.05) is 18.2 Å². The molecule has 0 saturated carbocycles. The van der Waals surface area contributed by atoms with Gasteiger partial charge in [0.2, 0.25) is 11.8 Å². The summed E-state index contributed by atoms with van der Waals surface area (Å²) in [5, 5.41) is 5.50.